The van der Waals surface area contributed by atoms with E-state index < -0.39 is 0 Å². The van der Waals surface area contributed by atoms with E-state index in [9.17, 15) is 9.59 Å². The van der Waals surface area contributed by atoms with Crippen molar-refractivity contribution in [1.29, 1.82) is 0 Å². The highest BCUT2D eigenvalue weighted by Gasteiger charge is 2.33. The summed E-state index contributed by atoms with van der Waals surface area (Å²) in [5.74, 6) is 1.20. The van der Waals surface area contributed by atoms with Crippen molar-refractivity contribution in [3.63, 3.8) is 0 Å². The van der Waals surface area contributed by atoms with Crippen LogP contribution in [0.4, 0.5) is 0 Å². The molecule has 29 heavy (non-hydrogen) atoms. The van der Waals surface area contributed by atoms with Gasteiger partial charge >= 0.3 is 0 Å². The van der Waals surface area contributed by atoms with E-state index in [0.717, 1.165) is 18.4 Å². The number of hydrogen-bond donors (Lipinski definition) is 0. The SMILES string of the molecule is CCCN(CC(=O)N1CCc2sccc2[C@H]1COc1ccccc1OC)C(C)=O. The maximum absolute atomic E-state index is 13.1. The molecule has 1 aromatic heterocycles. The van der Waals surface area contributed by atoms with Crippen molar-refractivity contribution >= 4 is 23.2 Å². The van der Waals surface area contributed by atoms with Crippen molar-refractivity contribution in [2.75, 3.05) is 33.4 Å². The molecule has 0 aliphatic carbocycles. The zero-order chi connectivity index (χ0) is 20.8. The van der Waals surface area contributed by atoms with Crippen LogP contribution in [0.3, 0.4) is 0 Å². The van der Waals surface area contributed by atoms with Crippen LogP contribution in [0, 0.1) is 0 Å². The highest BCUT2D eigenvalue weighted by atomic mass is 32.1. The summed E-state index contributed by atoms with van der Waals surface area (Å²) in [6, 6.07) is 9.39. The van der Waals surface area contributed by atoms with Crippen molar-refractivity contribution in [1.82, 2.24) is 9.80 Å². The van der Waals surface area contributed by atoms with Gasteiger partial charge in [0.15, 0.2) is 11.5 Å². The van der Waals surface area contributed by atoms with Gasteiger partial charge in [-0.05, 0) is 42.0 Å². The molecule has 0 spiro atoms. The zero-order valence-corrected chi connectivity index (χ0v) is 18.0. The third-order valence-corrected chi connectivity index (χ3v) is 6.14. The van der Waals surface area contributed by atoms with Gasteiger partial charge in [0.1, 0.15) is 6.61 Å². The van der Waals surface area contributed by atoms with Crippen LogP contribution in [0.15, 0.2) is 35.7 Å². The maximum atomic E-state index is 13.1. The summed E-state index contributed by atoms with van der Waals surface area (Å²) < 4.78 is 11.5. The molecule has 7 heteroatoms. The largest absolute Gasteiger partial charge is 0.493 e. The smallest absolute Gasteiger partial charge is 0.242 e. The average molecular weight is 417 g/mol. The molecule has 3 rings (SSSR count). The van der Waals surface area contributed by atoms with Gasteiger partial charge in [-0.2, -0.15) is 0 Å². The summed E-state index contributed by atoms with van der Waals surface area (Å²) in [6.07, 6.45) is 1.65. The molecule has 1 atom stereocenters. The lowest BCUT2D eigenvalue weighted by atomic mass is 10.0. The van der Waals surface area contributed by atoms with Crippen molar-refractivity contribution < 1.29 is 19.1 Å². The third-order valence-electron chi connectivity index (χ3n) is 5.15. The van der Waals surface area contributed by atoms with Crippen LogP contribution in [-0.2, 0) is 16.0 Å². The zero-order valence-electron chi connectivity index (χ0n) is 17.2. The summed E-state index contributed by atoms with van der Waals surface area (Å²) in [7, 11) is 1.61. The molecule has 2 heterocycles. The van der Waals surface area contributed by atoms with Gasteiger partial charge in [-0.15, -0.1) is 11.3 Å². The second-order valence-electron chi connectivity index (χ2n) is 7.05. The quantitative estimate of drug-likeness (QED) is 0.661. The van der Waals surface area contributed by atoms with E-state index in [0.29, 0.717) is 31.2 Å². The first-order valence-electron chi connectivity index (χ1n) is 9.92. The lowest BCUT2D eigenvalue weighted by Gasteiger charge is -2.37. The highest BCUT2D eigenvalue weighted by Crippen LogP contribution is 2.35. The van der Waals surface area contributed by atoms with E-state index in [2.05, 4.69) is 11.4 Å². The first-order valence-corrected chi connectivity index (χ1v) is 10.8. The van der Waals surface area contributed by atoms with Crippen molar-refractivity contribution in [2.24, 2.45) is 0 Å². The van der Waals surface area contributed by atoms with Crippen LogP contribution in [-0.4, -0.2) is 55.0 Å². The number of hydrogen-bond acceptors (Lipinski definition) is 5. The third kappa shape index (κ3) is 4.90. The molecular formula is C22H28N2O4S. The van der Waals surface area contributed by atoms with Crippen LogP contribution in [0.5, 0.6) is 11.5 Å². The Kier molecular flexibility index (Phi) is 7.14. The topological polar surface area (TPSA) is 59.1 Å². The van der Waals surface area contributed by atoms with Gasteiger partial charge in [0.05, 0.1) is 19.7 Å². The van der Waals surface area contributed by atoms with Crippen LogP contribution in [0.2, 0.25) is 0 Å². The number of rotatable bonds is 8. The monoisotopic (exact) mass is 416 g/mol. The molecule has 1 aliphatic rings. The number of fused-ring (bicyclic) bond motifs is 1. The molecule has 0 bridgehead atoms. The number of methoxy groups -OCH3 is 1. The fourth-order valence-electron chi connectivity index (χ4n) is 3.65. The van der Waals surface area contributed by atoms with Gasteiger partial charge in [0, 0.05) is 24.9 Å². The average Bonchev–Trinajstić information content (AvgIpc) is 3.20. The maximum Gasteiger partial charge on any atom is 0.242 e. The molecule has 2 aromatic rings. The summed E-state index contributed by atoms with van der Waals surface area (Å²) >= 11 is 1.72. The van der Waals surface area contributed by atoms with Gasteiger partial charge in [-0.3, -0.25) is 9.59 Å². The van der Waals surface area contributed by atoms with E-state index in [-0.39, 0.29) is 24.4 Å². The Morgan fingerprint density at radius 1 is 1.24 bits per heavy atom. The molecule has 2 amide bonds. The number of nitrogens with zero attached hydrogens (tertiary/aromatic N) is 2. The molecule has 0 N–H and O–H groups in total. The first kappa shape index (κ1) is 21.2. The van der Waals surface area contributed by atoms with Crippen molar-refractivity contribution in [3.05, 3.63) is 46.2 Å². The number of thiophene rings is 1. The van der Waals surface area contributed by atoms with Gasteiger partial charge in [-0.25, -0.2) is 0 Å². The number of para-hydroxylation sites is 2. The number of carbonyl (C=O) groups is 2. The minimum atomic E-state index is -0.183. The Bertz CT molecular complexity index is 851. The van der Waals surface area contributed by atoms with Gasteiger partial charge in [0.25, 0.3) is 0 Å². The molecule has 0 radical (unpaired) electrons. The van der Waals surface area contributed by atoms with E-state index >= 15 is 0 Å². The van der Waals surface area contributed by atoms with E-state index in [4.69, 9.17) is 9.47 Å². The van der Waals surface area contributed by atoms with Gasteiger partial charge in [-0.1, -0.05) is 19.1 Å². The summed E-state index contributed by atoms with van der Waals surface area (Å²) in [5, 5.41) is 2.06. The van der Waals surface area contributed by atoms with Crippen molar-refractivity contribution in [2.45, 2.75) is 32.7 Å². The van der Waals surface area contributed by atoms with Crippen LogP contribution >= 0.6 is 11.3 Å². The first-order chi connectivity index (χ1) is 14.0. The Hall–Kier alpha value is -2.54. The normalized spacial score (nSPS) is 15.6. The standard InChI is InChI=1S/C22H28N2O4S/c1-4-11-23(16(2)25)14-22(26)24-12-9-21-17(10-13-29-21)18(24)15-28-20-8-6-5-7-19(20)27-3/h5-8,10,13,18H,4,9,11-12,14-15H2,1-3H3/t18-/m1/s1. The van der Waals surface area contributed by atoms with Gasteiger partial charge < -0.3 is 19.3 Å². The predicted molar refractivity (Wildman–Crippen MR) is 114 cm³/mol. The fraction of sp³-hybridized carbons (Fsp3) is 0.455. The van der Waals surface area contributed by atoms with E-state index in [1.165, 1.54) is 11.8 Å². The van der Waals surface area contributed by atoms with Crippen LogP contribution in [0.25, 0.3) is 0 Å². The van der Waals surface area contributed by atoms with Crippen LogP contribution in [0.1, 0.15) is 36.8 Å². The molecule has 0 saturated carbocycles. The molecule has 1 aromatic carbocycles. The van der Waals surface area contributed by atoms with Crippen LogP contribution < -0.4 is 9.47 Å². The van der Waals surface area contributed by atoms with E-state index in [1.807, 2.05) is 36.1 Å². The molecular weight excluding hydrogens is 388 g/mol. The molecule has 6 nitrogen and oxygen atoms in total. The molecule has 156 valence electrons. The van der Waals surface area contributed by atoms with E-state index in [1.54, 1.807) is 23.3 Å². The van der Waals surface area contributed by atoms with Crippen molar-refractivity contribution in [3.8, 4) is 11.5 Å². The Morgan fingerprint density at radius 2 is 2.00 bits per heavy atom. The summed E-state index contributed by atoms with van der Waals surface area (Å²) in [4.78, 5) is 29.8. The Morgan fingerprint density at radius 3 is 2.69 bits per heavy atom. The number of amides is 2. The molecule has 0 unspecified atom stereocenters. The molecule has 0 saturated heterocycles. The highest BCUT2D eigenvalue weighted by molar-refractivity contribution is 7.10. The number of ether oxygens (including phenoxy) is 2. The Labute approximate surface area is 176 Å². The minimum absolute atomic E-state index is 0.0425. The second-order valence-corrected chi connectivity index (χ2v) is 8.06. The Balaban J connectivity index is 1.78. The predicted octanol–water partition coefficient (Wildman–Crippen LogP) is 3.52. The lowest BCUT2D eigenvalue weighted by Crippen LogP contribution is -2.47. The summed E-state index contributed by atoms with van der Waals surface area (Å²) in [6.45, 7) is 5.17. The lowest BCUT2D eigenvalue weighted by molar-refractivity contribution is -0.141. The second kappa shape index (κ2) is 9.78. The fourth-order valence-corrected chi connectivity index (χ4v) is 4.58. The van der Waals surface area contributed by atoms with Gasteiger partial charge in [0.2, 0.25) is 11.8 Å². The minimum Gasteiger partial charge on any atom is -0.493 e. The number of benzene rings is 1. The molecule has 0 fully saturated rings. The summed E-state index contributed by atoms with van der Waals surface area (Å²) in [5.41, 5.74) is 1.13. The molecule has 1 aliphatic heterocycles. The number of carbonyl (C=O) groups excluding carboxylic acids is 2.